The van der Waals surface area contributed by atoms with Gasteiger partial charge in [-0.05, 0) is 51.8 Å². The minimum Gasteiger partial charge on any atom is -0.325 e. The summed E-state index contributed by atoms with van der Waals surface area (Å²) in [6.07, 6.45) is 0.928. The number of carbonyl (C=O) groups is 1. The largest absolute Gasteiger partial charge is 0.325 e. The molecule has 0 radical (unpaired) electrons. The number of benzene rings is 1. The topological polar surface area (TPSA) is 41.1 Å². The van der Waals surface area contributed by atoms with Crippen molar-refractivity contribution >= 4 is 11.6 Å². The van der Waals surface area contributed by atoms with Gasteiger partial charge < -0.3 is 10.6 Å². The first-order valence-electron chi connectivity index (χ1n) is 6.61. The second-order valence-corrected chi connectivity index (χ2v) is 5.40. The highest BCUT2D eigenvalue weighted by molar-refractivity contribution is 5.94. The van der Waals surface area contributed by atoms with Crippen LogP contribution in [-0.2, 0) is 4.79 Å². The fourth-order valence-corrected chi connectivity index (χ4v) is 2.81. The maximum Gasteiger partial charge on any atom is 0.229 e. The summed E-state index contributed by atoms with van der Waals surface area (Å²) in [5.41, 5.74) is 4.49. The third-order valence-electron chi connectivity index (χ3n) is 3.79. The van der Waals surface area contributed by atoms with Gasteiger partial charge in [0.1, 0.15) is 0 Å². The molecule has 0 aliphatic carbocycles. The van der Waals surface area contributed by atoms with Crippen LogP contribution in [0, 0.1) is 26.7 Å². The average Bonchev–Trinajstić information content (AvgIpc) is 2.69. The van der Waals surface area contributed by atoms with Crippen molar-refractivity contribution in [1.29, 1.82) is 0 Å². The number of hydrogen-bond donors (Lipinski definition) is 2. The fourth-order valence-electron chi connectivity index (χ4n) is 2.81. The predicted octanol–water partition coefficient (Wildman–Crippen LogP) is 2.55. The van der Waals surface area contributed by atoms with Crippen LogP contribution in [0.4, 0.5) is 5.69 Å². The summed E-state index contributed by atoms with van der Waals surface area (Å²) in [7, 11) is 0. The molecule has 1 aromatic carbocycles. The second-order valence-electron chi connectivity index (χ2n) is 5.40. The molecule has 18 heavy (non-hydrogen) atoms. The third-order valence-corrected chi connectivity index (χ3v) is 3.79. The van der Waals surface area contributed by atoms with E-state index in [4.69, 9.17) is 0 Å². The molecule has 1 heterocycles. The van der Waals surface area contributed by atoms with E-state index in [1.165, 1.54) is 5.56 Å². The van der Waals surface area contributed by atoms with Crippen molar-refractivity contribution in [2.75, 3.05) is 11.9 Å². The number of anilines is 1. The summed E-state index contributed by atoms with van der Waals surface area (Å²) in [5, 5.41) is 6.41. The molecule has 0 saturated carbocycles. The van der Waals surface area contributed by atoms with Gasteiger partial charge in [0.25, 0.3) is 0 Å². The van der Waals surface area contributed by atoms with Crippen molar-refractivity contribution in [1.82, 2.24) is 5.32 Å². The van der Waals surface area contributed by atoms with Gasteiger partial charge in [-0.2, -0.15) is 0 Å². The standard InChI is InChI=1S/C15H22N2O/c1-9-7-10(2)14(11(3)8-9)17-15(18)13-5-6-16-12(13)4/h7-8,12-13,16H,5-6H2,1-4H3,(H,17,18). The summed E-state index contributed by atoms with van der Waals surface area (Å²) in [4.78, 5) is 12.3. The number of hydrogen-bond acceptors (Lipinski definition) is 2. The number of aryl methyl sites for hydroxylation is 3. The van der Waals surface area contributed by atoms with Gasteiger partial charge in [-0.15, -0.1) is 0 Å². The molecule has 2 rings (SSSR count). The highest BCUT2D eigenvalue weighted by Crippen LogP contribution is 2.24. The van der Waals surface area contributed by atoms with Gasteiger partial charge in [0, 0.05) is 11.7 Å². The van der Waals surface area contributed by atoms with Crippen molar-refractivity contribution in [2.24, 2.45) is 5.92 Å². The van der Waals surface area contributed by atoms with Crippen molar-refractivity contribution in [2.45, 2.75) is 40.2 Å². The first kappa shape index (κ1) is 13.1. The summed E-state index contributed by atoms with van der Waals surface area (Å²) < 4.78 is 0. The van der Waals surface area contributed by atoms with Crippen LogP contribution >= 0.6 is 0 Å². The summed E-state index contributed by atoms with van der Waals surface area (Å²) in [6.45, 7) is 9.18. The molecule has 1 fully saturated rings. The van der Waals surface area contributed by atoms with Crippen LogP contribution in [0.1, 0.15) is 30.0 Å². The molecule has 1 saturated heterocycles. The lowest BCUT2D eigenvalue weighted by Gasteiger charge is -2.18. The van der Waals surface area contributed by atoms with Gasteiger partial charge >= 0.3 is 0 Å². The second kappa shape index (κ2) is 5.11. The summed E-state index contributed by atoms with van der Waals surface area (Å²) in [6, 6.07) is 4.49. The zero-order chi connectivity index (χ0) is 13.3. The zero-order valence-corrected chi connectivity index (χ0v) is 11.6. The van der Waals surface area contributed by atoms with E-state index in [1.54, 1.807) is 0 Å². The van der Waals surface area contributed by atoms with Crippen molar-refractivity contribution in [3.05, 3.63) is 28.8 Å². The first-order valence-corrected chi connectivity index (χ1v) is 6.61. The van der Waals surface area contributed by atoms with Gasteiger partial charge in [-0.3, -0.25) is 4.79 Å². The van der Waals surface area contributed by atoms with Crippen molar-refractivity contribution in [3.63, 3.8) is 0 Å². The van der Waals surface area contributed by atoms with Gasteiger partial charge in [-0.25, -0.2) is 0 Å². The molecular weight excluding hydrogens is 224 g/mol. The molecule has 98 valence electrons. The van der Waals surface area contributed by atoms with Crippen LogP contribution in [0.25, 0.3) is 0 Å². The summed E-state index contributed by atoms with van der Waals surface area (Å²) in [5.74, 6) is 0.229. The van der Waals surface area contributed by atoms with Gasteiger partial charge in [0.05, 0.1) is 5.92 Å². The lowest BCUT2D eigenvalue weighted by atomic mass is 9.99. The molecule has 3 heteroatoms. The lowest BCUT2D eigenvalue weighted by molar-refractivity contribution is -0.120. The monoisotopic (exact) mass is 246 g/mol. The van der Waals surface area contributed by atoms with Gasteiger partial charge in [0.2, 0.25) is 5.91 Å². The van der Waals surface area contributed by atoms with E-state index in [2.05, 4.69) is 36.6 Å². The van der Waals surface area contributed by atoms with E-state index in [9.17, 15) is 4.79 Å². The first-order chi connectivity index (χ1) is 8.49. The number of rotatable bonds is 2. The Morgan fingerprint density at radius 3 is 2.39 bits per heavy atom. The van der Waals surface area contributed by atoms with E-state index >= 15 is 0 Å². The Hall–Kier alpha value is -1.35. The molecule has 2 atom stereocenters. The average molecular weight is 246 g/mol. The number of nitrogens with one attached hydrogen (secondary N) is 2. The molecular formula is C15H22N2O. The van der Waals surface area contributed by atoms with Gasteiger partial charge in [-0.1, -0.05) is 17.7 Å². The predicted molar refractivity (Wildman–Crippen MR) is 74.9 cm³/mol. The zero-order valence-electron chi connectivity index (χ0n) is 11.6. The number of amides is 1. The molecule has 1 amide bonds. The van der Waals surface area contributed by atoms with Crippen LogP contribution < -0.4 is 10.6 Å². The van der Waals surface area contributed by atoms with Crippen LogP contribution in [-0.4, -0.2) is 18.5 Å². The molecule has 1 aliphatic heterocycles. The fraction of sp³-hybridized carbons (Fsp3) is 0.533. The van der Waals surface area contributed by atoms with E-state index in [0.29, 0.717) is 0 Å². The number of carbonyl (C=O) groups excluding carboxylic acids is 1. The molecule has 1 aliphatic rings. The minimum absolute atomic E-state index is 0.0881. The Morgan fingerprint density at radius 1 is 1.28 bits per heavy atom. The van der Waals surface area contributed by atoms with Gasteiger partial charge in [0.15, 0.2) is 0 Å². The van der Waals surface area contributed by atoms with E-state index in [0.717, 1.165) is 29.8 Å². The molecule has 3 nitrogen and oxygen atoms in total. The van der Waals surface area contributed by atoms with E-state index in [1.807, 2.05) is 13.8 Å². The summed E-state index contributed by atoms with van der Waals surface area (Å²) >= 11 is 0. The smallest absolute Gasteiger partial charge is 0.229 e. The van der Waals surface area contributed by atoms with Crippen molar-refractivity contribution < 1.29 is 4.79 Å². The molecule has 2 N–H and O–H groups in total. The highest BCUT2D eigenvalue weighted by atomic mass is 16.2. The van der Waals surface area contributed by atoms with Crippen molar-refractivity contribution in [3.8, 4) is 0 Å². The molecule has 2 unspecified atom stereocenters. The van der Waals surface area contributed by atoms with Crippen LogP contribution in [0.2, 0.25) is 0 Å². The van der Waals surface area contributed by atoms with E-state index in [-0.39, 0.29) is 17.9 Å². The Morgan fingerprint density at radius 2 is 1.89 bits per heavy atom. The van der Waals surface area contributed by atoms with Crippen LogP contribution in [0.5, 0.6) is 0 Å². The Labute approximate surface area is 109 Å². The molecule has 1 aromatic rings. The Kier molecular flexibility index (Phi) is 3.71. The molecule has 0 spiro atoms. The maximum absolute atomic E-state index is 12.3. The minimum atomic E-state index is 0.0881. The highest BCUT2D eigenvalue weighted by Gasteiger charge is 2.29. The normalized spacial score (nSPS) is 23.1. The SMILES string of the molecule is Cc1cc(C)c(NC(=O)C2CCNC2C)c(C)c1. The quantitative estimate of drug-likeness (QED) is 0.842. The Bertz CT molecular complexity index is 445. The van der Waals surface area contributed by atoms with Crippen LogP contribution in [0.3, 0.4) is 0 Å². The van der Waals surface area contributed by atoms with Crippen LogP contribution in [0.15, 0.2) is 12.1 Å². The third kappa shape index (κ3) is 2.56. The maximum atomic E-state index is 12.3. The Balaban J connectivity index is 2.17. The molecule has 0 bridgehead atoms. The van der Waals surface area contributed by atoms with E-state index < -0.39 is 0 Å². The lowest BCUT2D eigenvalue weighted by Crippen LogP contribution is -2.32. The molecule has 0 aromatic heterocycles.